The van der Waals surface area contributed by atoms with E-state index in [0.717, 1.165) is 12.8 Å². The Morgan fingerprint density at radius 2 is 2.00 bits per heavy atom. The van der Waals surface area contributed by atoms with Crippen LogP contribution < -0.4 is 10.6 Å². The lowest BCUT2D eigenvalue weighted by atomic mass is 9.89. The number of ether oxygens (including phenoxy) is 1. The van der Waals surface area contributed by atoms with Gasteiger partial charge in [-0.05, 0) is 25.2 Å². The number of methoxy groups -OCH3 is 1. The fourth-order valence-electron chi connectivity index (χ4n) is 1.95. The zero-order valence-corrected chi connectivity index (χ0v) is 11.1. The molecule has 18 heavy (non-hydrogen) atoms. The maximum absolute atomic E-state index is 11.6. The fourth-order valence-corrected chi connectivity index (χ4v) is 1.95. The molecule has 3 N–H and O–H groups in total. The van der Waals surface area contributed by atoms with Gasteiger partial charge in [0.25, 0.3) is 0 Å². The predicted molar refractivity (Wildman–Crippen MR) is 66.4 cm³/mol. The summed E-state index contributed by atoms with van der Waals surface area (Å²) in [5, 5.41) is 14.2. The van der Waals surface area contributed by atoms with Gasteiger partial charge in [-0.3, -0.25) is 0 Å². The van der Waals surface area contributed by atoms with E-state index in [0.29, 0.717) is 6.42 Å². The molecule has 1 aliphatic carbocycles. The minimum Gasteiger partial charge on any atom is -0.480 e. The van der Waals surface area contributed by atoms with E-state index in [1.165, 1.54) is 0 Å². The molecule has 1 rings (SSSR count). The number of hydrogen-bond acceptors (Lipinski definition) is 3. The van der Waals surface area contributed by atoms with Gasteiger partial charge in [0.2, 0.25) is 0 Å². The first kappa shape index (κ1) is 14.8. The summed E-state index contributed by atoms with van der Waals surface area (Å²) < 4.78 is 5.10. The van der Waals surface area contributed by atoms with Crippen LogP contribution in [0.15, 0.2) is 0 Å². The topological polar surface area (TPSA) is 87.7 Å². The van der Waals surface area contributed by atoms with E-state index < -0.39 is 18.0 Å². The highest BCUT2D eigenvalue weighted by Crippen LogP contribution is 2.22. The van der Waals surface area contributed by atoms with Gasteiger partial charge >= 0.3 is 12.0 Å². The maximum Gasteiger partial charge on any atom is 0.326 e. The highest BCUT2D eigenvalue weighted by atomic mass is 16.5. The van der Waals surface area contributed by atoms with Crippen LogP contribution in [0.2, 0.25) is 0 Å². The largest absolute Gasteiger partial charge is 0.480 e. The summed E-state index contributed by atoms with van der Waals surface area (Å²) in [6.45, 7) is 3.84. The van der Waals surface area contributed by atoms with E-state index in [2.05, 4.69) is 10.6 Å². The zero-order valence-electron chi connectivity index (χ0n) is 11.1. The van der Waals surface area contributed by atoms with Crippen LogP contribution in [0.3, 0.4) is 0 Å². The van der Waals surface area contributed by atoms with E-state index in [1.54, 1.807) is 7.11 Å². The van der Waals surface area contributed by atoms with Crippen molar-refractivity contribution in [1.82, 2.24) is 10.6 Å². The van der Waals surface area contributed by atoms with Gasteiger partial charge in [-0.2, -0.15) is 0 Å². The van der Waals surface area contributed by atoms with Crippen molar-refractivity contribution in [2.24, 2.45) is 5.92 Å². The van der Waals surface area contributed by atoms with Crippen molar-refractivity contribution in [2.45, 2.75) is 51.3 Å². The van der Waals surface area contributed by atoms with Gasteiger partial charge in [-0.1, -0.05) is 13.8 Å². The summed E-state index contributed by atoms with van der Waals surface area (Å²) in [6.07, 6.45) is 2.20. The molecule has 0 radical (unpaired) electrons. The molecule has 6 nitrogen and oxygen atoms in total. The lowest BCUT2D eigenvalue weighted by Crippen LogP contribution is -2.54. The van der Waals surface area contributed by atoms with Crippen LogP contribution in [-0.2, 0) is 9.53 Å². The van der Waals surface area contributed by atoms with Crippen LogP contribution in [-0.4, -0.2) is 42.4 Å². The monoisotopic (exact) mass is 258 g/mol. The fraction of sp³-hybridized carbons (Fsp3) is 0.833. The number of carbonyl (C=O) groups is 2. The molecule has 0 aromatic carbocycles. The lowest BCUT2D eigenvalue weighted by molar-refractivity contribution is -0.139. The number of aliphatic carboxylic acids is 1. The van der Waals surface area contributed by atoms with Crippen LogP contribution in [0.4, 0.5) is 4.79 Å². The van der Waals surface area contributed by atoms with Crippen LogP contribution in [0.1, 0.15) is 33.1 Å². The first-order valence-electron chi connectivity index (χ1n) is 6.25. The highest BCUT2D eigenvalue weighted by molar-refractivity contribution is 5.82. The Bertz CT molecular complexity index is 300. The minimum atomic E-state index is -0.998. The van der Waals surface area contributed by atoms with E-state index in [1.807, 2.05) is 13.8 Å². The van der Waals surface area contributed by atoms with Crippen molar-refractivity contribution in [2.75, 3.05) is 7.11 Å². The van der Waals surface area contributed by atoms with Crippen molar-refractivity contribution in [3.05, 3.63) is 0 Å². The average Bonchev–Trinajstić information content (AvgIpc) is 2.20. The Hall–Kier alpha value is -1.30. The van der Waals surface area contributed by atoms with Crippen LogP contribution in [0.25, 0.3) is 0 Å². The maximum atomic E-state index is 11.6. The van der Waals surface area contributed by atoms with E-state index in [4.69, 9.17) is 9.84 Å². The third kappa shape index (κ3) is 4.52. The molecule has 0 aliphatic heterocycles. The van der Waals surface area contributed by atoms with Gasteiger partial charge in [0.05, 0.1) is 6.10 Å². The molecule has 0 heterocycles. The molecular weight excluding hydrogens is 236 g/mol. The minimum absolute atomic E-state index is 0.0865. The number of nitrogens with one attached hydrogen (secondary N) is 2. The molecule has 1 atom stereocenters. The molecule has 0 aromatic heterocycles. The summed E-state index contributed by atoms with van der Waals surface area (Å²) >= 11 is 0. The van der Waals surface area contributed by atoms with Gasteiger partial charge < -0.3 is 20.5 Å². The molecule has 2 amide bonds. The third-order valence-corrected chi connectivity index (χ3v) is 3.07. The Labute approximate surface area is 107 Å². The summed E-state index contributed by atoms with van der Waals surface area (Å²) in [7, 11) is 1.64. The highest BCUT2D eigenvalue weighted by Gasteiger charge is 2.31. The first-order valence-corrected chi connectivity index (χ1v) is 6.25. The van der Waals surface area contributed by atoms with Crippen molar-refractivity contribution < 1.29 is 19.4 Å². The first-order chi connectivity index (χ1) is 8.42. The lowest BCUT2D eigenvalue weighted by Gasteiger charge is -2.34. The second-order valence-corrected chi connectivity index (χ2v) is 5.16. The van der Waals surface area contributed by atoms with Gasteiger partial charge in [-0.15, -0.1) is 0 Å². The van der Waals surface area contributed by atoms with Gasteiger partial charge in [0.1, 0.15) is 6.04 Å². The van der Waals surface area contributed by atoms with Gasteiger partial charge in [0, 0.05) is 13.2 Å². The van der Waals surface area contributed by atoms with Crippen molar-refractivity contribution in [3.8, 4) is 0 Å². The summed E-state index contributed by atoms with van der Waals surface area (Å²) in [4.78, 5) is 22.6. The SMILES string of the molecule is COC1CC(NC(=O)N[C@H](CC(C)C)C(=O)O)C1. The van der Waals surface area contributed by atoms with Crippen molar-refractivity contribution in [1.29, 1.82) is 0 Å². The van der Waals surface area contributed by atoms with Crippen molar-refractivity contribution >= 4 is 12.0 Å². The number of carboxylic acid groups (broad SMARTS) is 1. The molecule has 0 spiro atoms. The molecule has 0 bridgehead atoms. The molecule has 0 unspecified atom stereocenters. The van der Waals surface area contributed by atoms with E-state index >= 15 is 0 Å². The Kier molecular flexibility index (Phi) is 5.40. The zero-order chi connectivity index (χ0) is 13.7. The Morgan fingerprint density at radius 3 is 2.44 bits per heavy atom. The number of amides is 2. The second-order valence-electron chi connectivity index (χ2n) is 5.16. The Balaban J connectivity index is 2.31. The molecule has 104 valence electrons. The van der Waals surface area contributed by atoms with E-state index in [-0.39, 0.29) is 18.1 Å². The van der Waals surface area contributed by atoms with Crippen LogP contribution in [0, 0.1) is 5.92 Å². The third-order valence-electron chi connectivity index (χ3n) is 3.07. The van der Waals surface area contributed by atoms with Crippen LogP contribution in [0.5, 0.6) is 0 Å². The molecule has 1 fully saturated rings. The van der Waals surface area contributed by atoms with Crippen LogP contribution >= 0.6 is 0 Å². The number of carboxylic acids is 1. The van der Waals surface area contributed by atoms with Gasteiger partial charge in [0.15, 0.2) is 0 Å². The molecule has 1 aliphatic rings. The summed E-state index contributed by atoms with van der Waals surface area (Å²) in [6, 6.07) is -1.16. The smallest absolute Gasteiger partial charge is 0.326 e. The molecule has 0 aromatic rings. The summed E-state index contributed by atoms with van der Waals surface area (Å²) in [5.74, 6) is -0.782. The number of carbonyl (C=O) groups excluding carboxylic acids is 1. The second kappa shape index (κ2) is 6.58. The van der Waals surface area contributed by atoms with Crippen molar-refractivity contribution in [3.63, 3.8) is 0 Å². The number of rotatable bonds is 6. The molecular formula is C12H22N2O4. The van der Waals surface area contributed by atoms with E-state index in [9.17, 15) is 9.59 Å². The molecule has 6 heteroatoms. The number of hydrogen-bond donors (Lipinski definition) is 3. The molecule has 1 saturated carbocycles. The molecule has 0 saturated heterocycles. The Morgan fingerprint density at radius 1 is 1.39 bits per heavy atom. The summed E-state index contributed by atoms with van der Waals surface area (Å²) in [5.41, 5.74) is 0. The standard InChI is InChI=1S/C12H22N2O4/c1-7(2)4-10(11(15)16)14-12(17)13-8-5-9(6-8)18-3/h7-10H,4-6H2,1-3H3,(H,15,16)(H2,13,14,17)/t8?,9?,10-/m1/s1. The normalized spacial score (nSPS) is 24.2. The predicted octanol–water partition coefficient (Wildman–Crippen LogP) is 0.962. The number of urea groups is 1. The average molecular weight is 258 g/mol. The quantitative estimate of drug-likeness (QED) is 0.662. The van der Waals surface area contributed by atoms with Gasteiger partial charge in [-0.25, -0.2) is 9.59 Å².